The quantitative estimate of drug-likeness (QED) is 0.394. The third-order valence-corrected chi connectivity index (χ3v) is 7.12. The number of hydrogen-bond acceptors (Lipinski definition) is 7. The minimum Gasteiger partial charge on any atom is -0.632 e. The summed E-state index contributed by atoms with van der Waals surface area (Å²) in [6.07, 6.45) is -0.0411. The molecule has 3 heterocycles. The molecule has 2 aromatic carbocycles. The van der Waals surface area contributed by atoms with Gasteiger partial charge in [-0.05, 0) is 36.2 Å². The molecule has 0 aromatic heterocycles. The maximum absolute atomic E-state index is 14.2. The number of nitrogens with zero attached hydrogens (tertiary/aromatic N) is 1. The monoisotopic (exact) mass is 425 g/mol. The largest absolute Gasteiger partial charge is 0.632 e. The molecule has 0 saturated heterocycles. The molecule has 0 radical (unpaired) electrons. The van der Waals surface area contributed by atoms with Crippen LogP contribution in [0.25, 0.3) is 0 Å². The summed E-state index contributed by atoms with van der Waals surface area (Å²) in [5.74, 6) is 2.19. The zero-order valence-electron chi connectivity index (χ0n) is 17.6. The topological polar surface area (TPSA) is 86.3 Å². The van der Waals surface area contributed by atoms with E-state index in [1.807, 2.05) is 31.2 Å². The van der Waals surface area contributed by atoms with E-state index in [1.54, 1.807) is 7.05 Å². The molecule has 4 atom stereocenters. The Kier molecular flexibility index (Phi) is 3.66. The van der Waals surface area contributed by atoms with Crippen molar-refractivity contribution in [2.24, 2.45) is 0 Å². The first-order valence-electron chi connectivity index (χ1n) is 10.4. The van der Waals surface area contributed by atoms with E-state index >= 15 is 0 Å². The van der Waals surface area contributed by atoms with E-state index < -0.39 is 22.2 Å². The molecule has 3 aliphatic heterocycles. The number of esters is 1. The summed E-state index contributed by atoms with van der Waals surface area (Å²) in [4.78, 5) is 12.1. The first-order valence-corrected chi connectivity index (χ1v) is 10.4. The van der Waals surface area contributed by atoms with Gasteiger partial charge in [-0.25, -0.2) is 0 Å². The van der Waals surface area contributed by atoms with Crippen LogP contribution < -0.4 is 18.9 Å². The van der Waals surface area contributed by atoms with Gasteiger partial charge in [0.15, 0.2) is 23.0 Å². The predicted octanol–water partition coefficient (Wildman–Crippen LogP) is 3.09. The highest BCUT2D eigenvalue weighted by molar-refractivity contribution is 5.67. The lowest BCUT2D eigenvalue weighted by Crippen LogP contribution is -2.61. The van der Waals surface area contributed by atoms with Crippen LogP contribution in [0.3, 0.4) is 0 Å². The lowest BCUT2D eigenvalue weighted by atomic mass is 9.60. The van der Waals surface area contributed by atoms with Crippen molar-refractivity contribution in [2.75, 3.05) is 20.6 Å². The molecular weight excluding hydrogens is 402 g/mol. The fraction of sp³-hybridized carbons (Fsp3) is 0.435. The van der Waals surface area contributed by atoms with Crippen LogP contribution in [0.15, 0.2) is 24.3 Å². The number of hydrogen-bond donors (Lipinski definition) is 0. The first kappa shape index (κ1) is 18.8. The number of hydroxylamine groups is 3. The second-order valence-electron chi connectivity index (χ2n) is 9.05. The summed E-state index contributed by atoms with van der Waals surface area (Å²) in [5, 5.41) is 14.2. The number of benzene rings is 2. The van der Waals surface area contributed by atoms with Gasteiger partial charge in [0.1, 0.15) is 18.7 Å². The smallest absolute Gasteiger partial charge is 0.302 e. The molecule has 8 nitrogen and oxygen atoms in total. The highest BCUT2D eigenvalue weighted by atomic mass is 16.7. The molecule has 2 aromatic rings. The van der Waals surface area contributed by atoms with Crippen LogP contribution in [-0.4, -0.2) is 37.4 Å². The van der Waals surface area contributed by atoms with E-state index in [0.717, 1.165) is 22.3 Å². The van der Waals surface area contributed by atoms with E-state index in [0.29, 0.717) is 29.4 Å². The molecule has 0 bridgehead atoms. The fourth-order valence-corrected chi connectivity index (χ4v) is 5.99. The van der Waals surface area contributed by atoms with Crippen molar-refractivity contribution in [3.8, 4) is 23.0 Å². The highest BCUT2D eigenvalue weighted by Gasteiger charge is 2.60. The van der Waals surface area contributed by atoms with Gasteiger partial charge in [-0.2, -0.15) is 0 Å². The van der Waals surface area contributed by atoms with Gasteiger partial charge < -0.3 is 33.5 Å². The Morgan fingerprint density at radius 3 is 2.61 bits per heavy atom. The standard InChI is InChI=1S/C23H23NO7/c1-12(25)31-20-7-13-6-18-19(29-10-28-18)8-14(13)22-23(20,2)16-4-5-17-21(30-11-27-17)15(16)9-24(22,3)26/h4-6,8,20,22H,7,9-11H2,1-3H3/t20-,22+,23-,24+/m0/s1. The normalized spacial score (nSPS) is 31.5. The van der Waals surface area contributed by atoms with E-state index in [2.05, 4.69) is 0 Å². The van der Waals surface area contributed by atoms with Crippen molar-refractivity contribution in [3.63, 3.8) is 0 Å². The zero-order valence-corrected chi connectivity index (χ0v) is 17.6. The number of fused-ring (bicyclic) bond motifs is 8. The number of quaternary nitrogens is 1. The minimum absolute atomic E-state index is 0.133. The SMILES string of the molecule is CC(=O)O[C@H]1Cc2cc3c(cc2[C@@H]2[C@@]1(C)c1ccc4c(c1C[N@@+]2(C)[O-])OCO4)OCO3. The van der Waals surface area contributed by atoms with Gasteiger partial charge >= 0.3 is 5.97 Å². The van der Waals surface area contributed by atoms with Crippen LogP contribution in [0.4, 0.5) is 0 Å². The van der Waals surface area contributed by atoms with Crippen LogP contribution in [-0.2, 0) is 27.9 Å². The second-order valence-corrected chi connectivity index (χ2v) is 9.05. The van der Waals surface area contributed by atoms with Gasteiger partial charge in [0.2, 0.25) is 13.6 Å². The highest BCUT2D eigenvalue weighted by Crippen LogP contribution is 2.60. The van der Waals surface area contributed by atoms with Crippen LogP contribution in [0.2, 0.25) is 0 Å². The number of rotatable bonds is 1. The summed E-state index contributed by atoms with van der Waals surface area (Å²) in [5.41, 5.74) is 2.88. The van der Waals surface area contributed by atoms with Crippen molar-refractivity contribution in [3.05, 3.63) is 51.7 Å². The van der Waals surface area contributed by atoms with Gasteiger partial charge in [0, 0.05) is 18.9 Å². The predicted molar refractivity (Wildman–Crippen MR) is 108 cm³/mol. The molecule has 1 aliphatic carbocycles. The third kappa shape index (κ3) is 2.46. The molecule has 162 valence electrons. The average Bonchev–Trinajstić information content (AvgIpc) is 3.34. The Bertz CT molecular complexity index is 1130. The summed E-state index contributed by atoms with van der Waals surface area (Å²) >= 11 is 0. The Morgan fingerprint density at radius 2 is 1.84 bits per heavy atom. The lowest BCUT2D eigenvalue weighted by Gasteiger charge is -2.60. The molecule has 6 rings (SSSR count). The second kappa shape index (κ2) is 6.05. The number of likely N-dealkylation sites (N-methyl/N-ethyl adjacent to an activating group) is 1. The van der Waals surface area contributed by atoms with Crippen molar-refractivity contribution >= 4 is 5.97 Å². The summed E-state index contributed by atoms with van der Waals surface area (Å²) in [6.45, 7) is 3.94. The molecular formula is C23H23NO7. The van der Waals surface area contributed by atoms with Crippen LogP contribution >= 0.6 is 0 Å². The minimum atomic E-state index is -0.766. The van der Waals surface area contributed by atoms with Gasteiger partial charge in [-0.3, -0.25) is 4.79 Å². The van der Waals surface area contributed by atoms with Crippen molar-refractivity contribution < 1.29 is 33.1 Å². The molecule has 8 heteroatoms. The molecule has 0 saturated carbocycles. The van der Waals surface area contributed by atoms with Crippen molar-refractivity contribution in [2.45, 2.75) is 44.4 Å². The van der Waals surface area contributed by atoms with Gasteiger partial charge in [0.25, 0.3) is 0 Å². The third-order valence-electron chi connectivity index (χ3n) is 7.12. The van der Waals surface area contributed by atoms with Gasteiger partial charge in [-0.1, -0.05) is 6.07 Å². The first-order chi connectivity index (χ1) is 14.8. The molecule has 0 fully saturated rings. The van der Waals surface area contributed by atoms with E-state index in [1.165, 1.54) is 6.92 Å². The van der Waals surface area contributed by atoms with Crippen LogP contribution in [0, 0.1) is 5.21 Å². The Hall–Kier alpha value is -2.97. The Balaban J connectivity index is 1.62. The molecule has 0 unspecified atom stereocenters. The summed E-state index contributed by atoms with van der Waals surface area (Å²) < 4.78 is 27.8. The maximum Gasteiger partial charge on any atom is 0.302 e. The number of carbonyl (C=O) groups excluding carboxylic acids is 1. The maximum atomic E-state index is 14.2. The number of carbonyl (C=O) groups is 1. The summed E-state index contributed by atoms with van der Waals surface area (Å²) in [7, 11) is 1.67. The molecule has 0 spiro atoms. The molecule has 31 heavy (non-hydrogen) atoms. The van der Waals surface area contributed by atoms with Gasteiger partial charge in [-0.15, -0.1) is 0 Å². The molecule has 0 N–H and O–H groups in total. The van der Waals surface area contributed by atoms with E-state index in [4.69, 9.17) is 23.7 Å². The molecule has 4 aliphatic rings. The van der Waals surface area contributed by atoms with E-state index in [9.17, 15) is 10.0 Å². The summed E-state index contributed by atoms with van der Waals surface area (Å²) in [6, 6.07) is 7.22. The Morgan fingerprint density at radius 1 is 1.13 bits per heavy atom. The van der Waals surface area contributed by atoms with Gasteiger partial charge in [0.05, 0.1) is 18.0 Å². The average molecular weight is 425 g/mol. The number of ether oxygens (including phenoxy) is 5. The zero-order chi connectivity index (χ0) is 21.5. The van der Waals surface area contributed by atoms with Crippen molar-refractivity contribution in [1.82, 2.24) is 0 Å². The fourth-order valence-electron chi connectivity index (χ4n) is 5.99. The van der Waals surface area contributed by atoms with Crippen LogP contribution in [0.1, 0.15) is 42.1 Å². The van der Waals surface area contributed by atoms with Crippen molar-refractivity contribution in [1.29, 1.82) is 0 Å². The van der Waals surface area contributed by atoms with Crippen LogP contribution in [0.5, 0.6) is 23.0 Å². The van der Waals surface area contributed by atoms with E-state index in [-0.39, 0.29) is 26.1 Å². The molecule has 0 amide bonds. The Labute approximate surface area is 179 Å². The lowest BCUT2D eigenvalue weighted by molar-refractivity contribution is -0.915.